The van der Waals surface area contributed by atoms with Gasteiger partial charge in [0.2, 0.25) is 6.41 Å². The first-order valence-corrected chi connectivity index (χ1v) is 8.30. The van der Waals surface area contributed by atoms with Crippen molar-refractivity contribution in [2.45, 2.75) is 24.5 Å². The van der Waals surface area contributed by atoms with Crippen molar-refractivity contribution in [2.75, 3.05) is 12.3 Å². The number of anilines is 1. The summed E-state index contributed by atoms with van der Waals surface area (Å²) in [6.07, 6.45) is -2.72. The van der Waals surface area contributed by atoms with E-state index < -0.39 is 41.5 Å². The van der Waals surface area contributed by atoms with Gasteiger partial charge < -0.3 is 20.7 Å². The smallest absolute Gasteiger partial charge is 0.362 e. The first kappa shape index (κ1) is 17.4. The summed E-state index contributed by atoms with van der Waals surface area (Å²) >= 11 is 0. The Morgan fingerprint density at radius 2 is 2.12 bits per heavy atom. The van der Waals surface area contributed by atoms with Gasteiger partial charge in [-0.2, -0.15) is 8.42 Å². The summed E-state index contributed by atoms with van der Waals surface area (Å²) in [5, 5.41) is 20.2. The first-order valence-electron chi connectivity index (χ1n) is 6.89. The number of nitrogens with zero attached hydrogens (tertiary/aromatic N) is 4. The molecular formula is C11H14N6O7S. The van der Waals surface area contributed by atoms with E-state index in [1.54, 1.807) is 0 Å². The van der Waals surface area contributed by atoms with Gasteiger partial charge >= 0.3 is 10.3 Å². The fourth-order valence-corrected chi connectivity index (χ4v) is 2.90. The Morgan fingerprint density at radius 1 is 1.36 bits per heavy atom. The average Bonchev–Trinajstić information content (AvgIpc) is 3.10. The number of aliphatic hydroxyl groups excluding tert-OH is 2. The highest BCUT2D eigenvalue weighted by molar-refractivity contribution is 7.85. The number of amides is 1. The van der Waals surface area contributed by atoms with Crippen LogP contribution in [0.4, 0.5) is 5.82 Å². The molecule has 5 N–H and O–H groups in total. The number of rotatable bonds is 6. The summed E-state index contributed by atoms with van der Waals surface area (Å²) in [6.45, 7) is -0.623. The zero-order chi connectivity index (χ0) is 18.2. The van der Waals surface area contributed by atoms with Gasteiger partial charge in [-0.3, -0.25) is 13.5 Å². The maximum atomic E-state index is 11.3. The number of imidazole rings is 1. The molecule has 2 aromatic rings. The number of nitrogen functional groups attached to an aromatic ring is 1. The van der Waals surface area contributed by atoms with Crippen molar-refractivity contribution >= 4 is 33.7 Å². The SMILES string of the molecule is Nc1ncnc2c1ncn2[C@@H]1O[C@H](COS(=O)(=O)NC=O)[C@@H](O)[C@H]1O. The number of fused-ring (bicyclic) bond motifs is 1. The Hall–Kier alpha value is -2.39. The van der Waals surface area contributed by atoms with E-state index >= 15 is 0 Å². The summed E-state index contributed by atoms with van der Waals surface area (Å²) in [5.74, 6) is 0.127. The average molecular weight is 374 g/mol. The Balaban J connectivity index is 1.80. The number of nitrogens with two attached hydrogens (primary N) is 1. The molecule has 1 aliphatic heterocycles. The lowest BCUT2D eigenvalue weighted by atomic mass is 10.1. The molecule has 0 bridgehead atoms. The van der Waals surface area contributed by atoms with Crippen molar-refractivity contribution in [3.63, 3.8) is 0 Å². The maximum Gasteiger partial charge on any atom is 0.362 e. The number of carbonyl (C=O) groups is 1. The van der Waals surface area contributed by atoms with E-state index in [1.165, 1.54) is 21.9 Å². The Bertz CT molecular complexity index is 886. The van der Waals surface area contributed by atoms with Crippen molar-refractivity contribution in [1.29, 1.82) is 0 Å². The first-order chi connectivity index (χ1) is 11.8. The quantitative estimate of drug-likeness (QED) is 0.377. The van der Waals surface area contributed by atoms with Crippen LogP contribution in [0.15, 0.2) is 12.7 Å². The molecule has 1 amide bonds. The molecule has 14 heteroatoms. The topological polar surface area (TPSA) is 192 Å². The normalized spacial score (nSPS) is 26.8. The lowest BCUT2D eigenvalue weighted by Gasteiger charge is -2.16. The molecule has 25 heavy (non-hydrogen) atoms. The van der Waals surface area contributed by atoms with Gasteiger partial charge in [0.1, 0.15) is 30.2 Å². The molecule has 0 spiro atoms. The number of nitrogens with one attached hydrogen (secondary N) is 1. The second kappa shape index (κ2) is 6.49. The molecule has 1 fully saturated rings. The Labute approximate surface area is 140 Å². The second-order valence-electron chi connectivity index (χ2n) is 5.10. The number of aliphatic hydroxyl groups is 2. The molecule has 136 valence electrons. The van der Waals surface area contributed by atoms with E-state index in [0.717, 1.165) is 0 Å². The van der Waals surface area contributed by atoms with Crippen LogP contribution in [0.25, 0.3) is 11.2 Å². The van der Waals surface area contributed by atoms with Crippen LogP contribution >= 0.6 is 0 Å². The fourth-order valence-electron chi connectivity index (χ4n) is 2.40. The third-order valence-corrected chi connectivity index (χ3v) is 4.41. The van der Waals surface area contributed by atoms with E-state index in [1.807, 2.05) is 0 Å². The molecule has 0 aliphatic carbocycles. The number of carbonyl (C=O) groups excluding carboxylic acids is 1. The van der Waals surface area contributed by atoms with Crippen molar-refractivity contribution in [1.82, 2.24) is 24.2 Å². The molecule has 0 aromatic carbocycles. The molecule has 3 rings (SSSR count). The van der Waals surface area contributed by atoms with Gasteiger partial charge in [-0.25, -0.2) is 19.7 Å². The molecule has 0 radical (unpaired) electrons. The molecule has 1 aliphatic rings. The van der Waals surface area contributed by atoms with Crippen LogP contribution in [0.2, 0.25) is 0 Å². The molecule has 4 atom stereocenters. The fraction of sp³-hybridized carbons (Fsp3) is 0.455. The van der Waals surface area contributed by atoms with Crippen molar-refractivity contribution in [2.24, 2.45) is 0 Å². The van der Waals surface area contributed by atoms with Crippen LogP contribution in [-0.2, 0) is 24.0 Å². The highest BCUT2D eigenvalue weighted by Gasteiger charge is 2.45. The number of hydrogen-bond acceptors (Lipinski definition) is 11. The molecule has 2 aromatic heterocycles. The van der Waals surface area contributed by atoms with E-state index in [-0.39, 0.29) is 23.4 Å². The summed E-state index contributed by atoms with van der Waals surface area (Å²) in [6, 6.07) is 0. The number of ether oxygens (including phenoxy) is 1. The lowest BCUT2D eigenvalue weighted by molar-refractivity contribution is -0.108. The third-order valence-electron chi connectivity index (χ3n) is 3.58. The molecular weight excluding hydrogens is 360 g/mol. The molecule has 0 saturated carbocycles. The Morgan fingerprint density at radius 3 is 2.84 bits per heavy atom. The predicted octanol–water partition coefficient (Wildman–Crippen LogP) is -2.96. The standard InChI is InChI=1S/C11H14N6O7S/c12-9-6-10(14-2-13-9)17(3-15-6)11-8(20)7(19)5(24-11)1-23-25(21,22)16-4-18/h2-5,7-8,11,19-20H,1H2,(H,16,18)(H2,12,13,14)/t5-,7-,8-,11-/m1/s1. The minimum absolute atomic E-state index is 0.0688. The van der Waals surface area contributed by atoms with Crippen LogP contribution in [0.3, 0.4) is 0 Å². The van der Waals surface area contributed by atoms with Crippen molar-refractivity contribution in [3.8, 4) is 0 Å². The highest BCUT2D eigenvalue weighted by atomic mass is 32.2. The largest absolute Gasteiger partial charge is 0.387 e. The maximum absolute atomic E-state index is 11.3. The minimum Gasteiger partial charge on any atom is -0.387 e. The van der Waals surface area contributed by atoms with Gasteiger partial charge in [0, 0.05) is 0 Å². The van der Waals surface area contributed by atoms with E-state index in [4.69, 9.17) is 10.5 Å². The molecule has 3 heterocycles. The van der Waals surface area contributed by atoms with Crippen LogP contribution in [0.1, 0.15) is 6.23 Å². The van der Waals surface area contributed by atoms with Crippen LogP contribution in [0.5, 0.6) is 0 Å². The van der Waals surface area contributed by atoms with Gasteiger partial charge in [0.05, 0.1) is 12.9 Å². The summed E-state index contributed by atoms with van der Waals surface area (Å²) in [7, 11) is -4.32. The summed E-state index contributed by atoms with van der Waals surface area (Å²) < 4.78 is 35.3. The van der Waals surface area contributed by atoms with Crippen LogP contribution in [0, 0.1) is 0 Å². The second-order valence-corrected chi connectivity index (χ2v) is 6.48. The molecule has 0 unspecified atom stereocenters. The predicted molar refractivity (Wildman–Crippen MR) is 79.7 cm³/mol. The summed E-state index contributed by atoms with van der Waals surface area (Å²) in [4.78, 5) is 22.0. The summed E-state index contributed by atoms with van der Waals surface area (Å²) in [5.41, 5.74) is 6.23. The van der Waals surface area contributed by atoms with Gasteiger partial charge in [0.15, 0.2) is 17.7 Å². The van der Waals surface area contributed by atoms with E-state index in [9.17, 15) is 23.4 Å². The zero-order valence-corrected chi connectivity index (χ0v) is 13.3. The Kier molecular flexibility index (Phi) is 4.53. The number of aromatic nitrogens is 4. The van der Waals surface area contributed by atoms with Crippen LogP contribution in [-0.4, -0.2) is 69.5 Å². The molecule has 13 nitrogen and oxygen atoms in total. The van der Waals surface area contributed by atoms with Crippen LogP contribution < -0.4 is 10.5 Å². The van der Waals surface area contributed by atoms with Gasteiger partial charge in [-0.05, 0) is 0 Å². The zero-order valence-electron chi connectivity index (χ0n) is 12.5. The van der Waals surface area contributed by atoms with Gasteiger partial charge in [-0.15, -0.1) is 0 Å². The van der Waals surface area contributed by atoms with Gasteiger partial charge in [0.25, 0.3) is 0 Å². The van der Waals surface area contributed by atoms with E-state index in [0.29, 0.717) is 0 Å². The molecule has 1 saturated heterocycles. The minimum atomic E-state index is -4.32. The van der Waals surface area contributed by atoms with Crippen molar-refractivity contribution < 1.29 is 32.3 Å². The number of hydrogen-bond donors (Lipinski definition) is 4. The van der Waals surface area contributed by atoms with Crippen molar-refractivity contribution in [3.05, 3.63) is 12.7 Å². The lowest BCUT2D eigenvalue weighted by Crippen LogP contribution is -2.36. The third kappa shape index (κ3) is 3.24. The van der Waals surface area contributed by atoms with Gasteiger partial charge in [-0.1, -0.05) is 0 Å². The van der Waals surface area contributed by atoms with E-state index in [2.05, 4.69) is 19.1 Å². The highest BCUT2D eigenvalue weighted by Crippen LogP contribution is 2.32. The monoisotopic (exact) mass is 374 g/mol.